The van der Waals surface area contributed by atoms with Crippen LogP contribution in [0.25, 0.3) is 5.69 Å². The zero-order valence-electron chi connectivity index (χ0n) is 12.6. The first-order valence-corrected chi connectivity index (χ1v) is 9.02. The van der Waals surface area contributed by atoms with Gasteiger partial charge in [0.1, 0.15) is 6.33 Å². The summed E-state index contributed by atoms with van der Waals surface area (Å²) >= 11 is 3.45. The Morgan fingerprint density at radius 3 is 3.04 bits per heavy atom. The molecule has 1 N–H and O–H groups in total. The van der Waals surface area contributed by atoms with Gasteiger partial charge in [0.25, 0.3) is 0 Å². The monoisotopic (exact) mass is 344 g/mol. The van der Waals surface area contributed by atoms with Gasteiger partial charge in [0.05, 0.1) is 5.69 Å². The van der Waals surface area contributed by atoms with Gasteiger partial charge in [-0.3, -0.25) is 9.36 Å². The molecule has 0 aliphatic heterocycles. The fraction of sp³-hybridized carbons (Fsp3) is 0.188. The Bertz CT molecular complexity index is 783. The summed E-state index contributed by atoms with van der Waals surface area (Å²) in [5, 5.41) is 13.9. The quantitative estimate of drug-likeness (QED) is 0.694. The number of thioether (sulfide) groups is 1. The summed E-state index contributed by atoms with van der Waals surface area (Å²) in [4.78, 5) is 12.6. The number of nitrogens with zero attached hydrogens (tertiary/aromatic N) is 3. The van der Waals surface area contributed by atoms with Gasteiger partial charge in [-0.25, -0.2) is 0 Å². The SMILES string of the molecule is CC(=O)Nc1cccc(-n2cnnc2SCCc2cccs2)c1. The van der Waals surface area contributed by atoms with Crippen LogP contribution < -0.4 is 5.32 Å². The van der Waals surface area contributed by atoms with Crippen LogP contribution in [0.4, 0.5) is 5.69 Å². The maximum Gasteiger partial charge on any atom is 0.221 e. The third-order valence-electron chi connectivity index (χ3n) is 3.12. The molecular formula is C16H16N4OS2. The van der Waals surface area contributed by atoms with Gasteiger partial charge in [-0.05, 0) is 36.1 Å². The highest BCUT2D eigenvalue weighted by Crippen LogP contribution is 2.23. The van der Waals surface area contributed by atoms with Gasteiger partial charge < -0.3 is 5.32 Å². The molecule has 0 fully saturated rings. The second-order valence-corrected chi connectivity index (χ2v) is 6.99. The van der Waals surface area contributed by atoms with E-state index in [-0.39, 0.29) is 5.91 Å². The highest BCUT2D eigenvalue weighted by molar-refractivity contribution is 7.99. The van der Waals surface area contributed by atoms with Crippen molar-refractivity contribution in [1.82, 2.24) is 14.8 Å². The van der Waals surface area contributed by atoms with Crippen molar-refractivity contribution < 1.29 is 4.79 Å². The molecule has 23 heavy (non-hydrogen) atoms. The lowest BCUT2D eigenvalue weighted by atomic mass is 10.2. The fourth-order valence-corrected chi connectivity index (χ4v) is 3.87. The van der Waals surface area contributed by atoms with Crippen LogP contribution in [0, 0.1) is 0 Å². The van der Waals surface area contributed by atoms with Crippen molar-refractivity contribution in [3.8, 4) is 5.69 Å². The zero-order valence-corrected chi connectivity index (χ0v) is 14.2. The first kappa shape index (κ1) is 15.8. The Morgan fingerprint density at radius 2 is 2.26 bits per heavy atom. The maximum absolute atomic E-state index is 11.2. The summed E-state index contributed by atoms with van der Waals surface area (Å²) in [5.74, 6) is 0.862. The summed E-state index contributed by atoms with van der Waals surface area (Å²) in [6.45, 7) is 1.50. The fourth-order valence-electron chi connectivity index (χ4n) is 2.13. The number of hydrogen-bond acceptors (Lipinski definition) is 5. The van der Waals surface area contributed by atoms with Gasteiger partial charge >= 0.3 is 0 Å². The van der Waals surface area contributed by atoms with Crippen molar-refractivity contribution in [2.45, 2.75) is 18.5 Å². The van der Waals surface area contributed by atoms with Crippen LogP contribution >= 0.6 is 23.1 Å². The molecule has 0 unspecified atom stereocenters. The van der Waals surface area contributed by atoms with Gasteiger partial charge in [0.15, 0.2) is 5.16 Å². The number of rotatable bonds is 6. The van der Waals surface area contributed by atoms with Gasteiger partial charge in [-0.1, -0.05) is 23.9 Å². The minimum absolute atomic E-state index is 0.0866. The molecule has 0 aliphatic carbocycles. The molecule has 0 radical (unpaired) electrons. The summed E-state index contributed by atoms with van der Waals surface area (Å²) in [6.07, 6.45) is 2.71. The minimum Gasteiger partial charge on any atom is -0.326 e. The molecule has 2 heterocycles. The molecule has 0 aliphatic rings. The van der Waals surface area contributed by atoms with E-state index in [1.165, 1.54) is 11.8 Å². The van der Waals surface area contributed by atoms with E-state index in [0.717, 1.165) is 28.7 Å². The van der Waals surface area contributed by atoms with Crippen molar-refractivity contribution in [1.29, 1.82) is 0 Å². The van der Waals surface area contributed by atoms with Gasteiger partial charge in [0, 0.05) is 23.2 Å². The van der Waals surface area contributed by atoms with Crippen LogP contribution in [0.1, 0.15) is 11.8 Å². The van der Waals surface area contributed by atoms with E-state index < -0.39 is 0 Å². The molecule has 0 saturated carbocycles. The molecule has 7 heteroatoms. The Labute approximate surface area is 142 Å². The molecule has 3 rings (SSSR count). The minimum atomic E-state index is -0.0866. The number of hydrogen-bond donors (Lipinski definition) is 1. The number of benzene rings is 1. The van der Waals surface area contributed by atoms with E-state index in [1.54, 1.807) is 29.4 Å². The van der Waals surface area contributed by atoms with Crippen LogP contribution in [0.2, 0.25) is 0 Å². The zero-order chi connectivity index (χ0) is 16.1. The van der Waals surface area contributed by atoms with E-state index in [4.69, 9.17) is 0 Å². The Balaban J connectivity index is 1.71. The number of amides is 1. The highest BCUT2D eigenvalue weighted by atomic mass is 32.2. The summed E-state index contributed by atoms with van der Waals surface area (Å²) in [7, 11) is 0. The van der Waals surface area contributed by atoms with Crippen LogP contribution in [-0.2, 0) is 11.2 Å². The average molecular weight is 344 g/mol. The predicted octanol–water partition coefficient (Wildman–Crippen LogP) is 3.62. The topological polar surface area (TPSA) is 59.8 Å². The molecule has 2 aromatic heterocycles. The molecule has 3 aromatic rings. The second-order valence-electron chi connectivity index (χ2n) is 4.89. The van der Waals surface area contributed by atoms with E-state index in [0.29, 0.717) is 0 Å². The van der Waals surface area contributed by atoms with E-state index in [1.807, 2.05) is 28.8 Å². The molecule has 0 saturated heterocycles. The summed E-state index contributed by atoms with van der Waals surface area (Å²) < 4.78 is 1.93. The lowest BCUT2D eigenvalue weighted by molar-refractivity contribution is -0.114. The number of aryl methyl sites for hydroxylation is 1. The largest absolute Gasteiger partial charge is 0.326 e. The Hall–Kier alpha value is -2.12. The average Bonchev–Trinajstić information content (AvgIpc) is 3.18. The molecule has 118 valence electrons. The van der Waals surface area contributed by atoms with Crippen molar-refractivity contribution in [2.24, 2.45) is 0 Å². The second kappa shape index (κ2) is 7.43. The van der Waals surface area contributed by atoms with E-state index in [9.17, 15) is 4.79 Å². The number of carbonyl (C=O) groups is 1. The van der Waals surface area contributed by atoms with Crippen molar-refractivity contribution in [3.63, 3.8) is 0 Å². The van der Waals surface area contributed by atoms with Crippen LogP contribution in [0.15, 0.2) is 53.3 Å². The van der Waals surface area contributed by atoms with E-state index >= 15 is 0 Å². The third-order valence-corrected chi connectivity index (χ3v) is 5.00. The standard InChI is InChI=1S/C16H16N4OS2/c1-12(21)18-13-4-2-5-14(10-13)20-11-17-19-16(20)23-9-7-15-6-3-8-22-15/h2-6,8,10-11H,7,9H2,1H3,(H,18,21). The normalized spacial score (nSPS) is 10.7. The number of aromatic nitrogens is 3. The van der Waals surface area contributed by atoms with E-state index in [2.05, 4.69) is 33.0 Å². The first-order chi connectivity index (χ1) is 11.2. The van der Waals surface area contributed by atoms with Crippen LogP contribution in [0.3, 0.4) is 0 Å². The molecule has 0 spiro atoms. The van der Waals surface area contributed by atoms with Crippen molar-refractivity contribution in [3.05, 3.63) is 53.0 Å². The summed E-state index contributed by atoms with van der Waals surface area (Å²) in [5.41, 5.74) is 1.69. The number of thiophene rings is 1. The number of nitrogens with one attached hydrogen (secondary N) is 1. The maximum atomic E-state index is 11.2. The first-order valence-electron chi connectivity index (χ1n) is 7.15. The number of anilines is 1. The Morgan fingerprint density at radius 1 is 1.35 bits per heavy atom. The van der Waals surface area contributed by atoms with Crippen molar-refractivity contribution in [2.75, 3.05) is 11.1 Å². The third kappa shape index (κ3) is 4.20. The van der Waals surface area contributed by atoms with Crippen LogP contribution in [0.5, 0.6) is 0 Å². The number of carbonyl (C=O) groups excluding carboxylic acids is 1. The molecular weight excluding hydrogens is 328 g/mol. The Kier molecular flexibility index (Phi) is 5.09. The summed E-state index contributed by atoms with van der Waals surface area (Å²) in [6, 6.07) is 11.9. The molecule has 5 nitrogen and oxygen atoms in total. The highest BCUT2D eigenvalue weighted by Gasteiger charge is 2.08. The van der Waals surface area contributed by atoms with Gasteiger partial charge in [0.2, 0.25) is 5.91 Å². The smallest absolute Gasteiger partial charge is 0.221 e. The lowest BCUT2D eigenvalue weighted by Crippen LogP contribution is -2.06. The molecule has 1 aromatic carbocycles. The molecule has 0 atom stereocenters. The molecule has 0 bridgehead atoms. The van der Waals surface area contributed by atoms with Crippen molar-refractivity contribution >= 4 is 34.7 Å². The van der Waals surface area contributed by atoms with Gasteiger partial charge in [-0.15, -0.1) is 21.5 Å². The molecule has 1 amide bonds. The van der Waals surface area contributed by atoms with Gasteiger partial charge in [-0.2, -0.15) is 0 Å². The van der Waals surface area contributed by atoms with Crippen LogP contribution in [-0.4, -0.2) is 26.4 Å². The predicted molar refractivity (Wildman–Crippen MR) is 94.4 cm³/mol. The lowest BCUT2D eigenvalue weighted by Gasteiger charge is -2.08.